The summed E-state index contributed by atoms with van der Waals surface area (Å²) in [5.41, 5.74) is 0. The maximum Gasteiger partial charge on any atom is 0.306 e. The van der Waals surface area contributed by atoms with E-state index in [1.54, 1.807) is 0 Å². The Hall–Kier alpha value is -1.14. The van der Waals surface area contributed by atoms with E-state index in [1.807, 2.05) is 0 Å². The number of carboxylic acids is 1. The van der Waals surface area contributed by atoms with Gasteiger partial charge in [0.15, 0.2) is 0 Å². The summed E-state index contributed by atoms with van der Waals surface area (Å²) in [6.07, 6.45) is -0.375. The second-order valence-corrected chi connectivity index (χ2v) is 1.84. The minimum absolute atomic E-state index is 0. The molecule has 0 rings (SSSR count). The number of aliphatic hydroxyl groups is 2. The average molecular weight is 210 g/mol. The molecule has 14 heavy (non-hydrogen) atoms. The van der Waals surface area contributed by atoms with Crippen LogP contribution in [0.2, 0.25) is 0 Å². The zero-order valence-electron chi connectivity index (χ0n) is 7.39. The van der Waals surface area contributed by atoms with E-state index in [0.29, 0.717) is 0 Å². The van der Waals surface area contributed by atoms with Crippen LogP contribution in [0.3, 0.4) is 0 Å². The van der Waals surface area contributed by atoms with Gasteiger partial charge >= 0.3 is 11.9 Å². The number of esters is 1. The lowest BCUT2D eigenvalue weighted by Crippen LogP contribution is -2.10. The molecule has 0 spiro atoms. The van der Waals surface area contributed by atoms with Gasteiger partial charge < -0.3 is 20.1 Å². The molecule has 0 radical (unpaired) electrons. The van der Waals surface area contributed by atoms with Crippen molar-refractivity contribution in [3.63, 3.8) is 0 Å². The molecule has 0 unspecified atom stereocenters. The molecule has 86 valence electrons. The Morgan fingerprint density at radius 1 is 1.21 bits per heavy atom. The fourth-order valence-electron chi connectivity index (χ4n) is 0.441. The molecular weight excluding hydrogens is 192 g/mol. The van der Waals surface area contributed by atoms with Crippen LogP contribution < -0.4 is 0 Å². The number of aliphatic hydroxyl groups excluding tert-OH is 2. The second-order valence-electron chi connectivity index (χ2n) is 1.84. The number of carboxylic acid groups (broad SMARTS) is 1. The minimum atomic E-state index is -1.04. The highest BCUT2D eigenvalue weighted by Gasteiger charge is 2.05. The van der Waals surface area contributed by atoms with Crippen molar-refractivity contribution in [1.29, 1.82) is 0 Å². The van der Waals surface area contributed by atoms with Gasteiger partial charge in [0, 0.05) is 7.11 Å². The largest absolute Gasteiger partial charge is 0.481 e. The topological polar surface area (TPSA) is 104 Å². The molecule has 0 amide bonds. The Labute approximate surface area is 83.1 Å². The first-order valence-electron chi connectivity index (χ1n) is 3.60. The van der Waals surface area contributed by atoms with E-state index in [0.717, 1.165) is 7.11 Å². The van der Waals surface area contributed by atoms with Crippen LogP contribution in [0.1, 0.15) is 20.3 Å². The van der Waals surface area contributed by atoms with Crippen molar-refractivity contribution in [2.45, 2.75) is 20.3 Å². The van der Waals surface area contributed by atoms with Crippen molar-refractivity contribution in [1.82, 2.24) is 0 Å². The molecule has 6 heteroatoms. The van der Waals surface area contributed by atoms with Gasteiger partial charge in [-0.1, -0.05) is 7.43 Å². The molecule has 3 N–H and O–H groups in total. The van der Waals surface area contributed by atoms with Gasteiger partial charge in [0.05, 0.1) is 19.4 Å². The molecule has 0 aromatic heterocycles. The van der Waals surface area contributed by atoms with Gasteiger partial charge in [-0.05, 0) is 0 Å². The Balaban J connectivity index is -0.000000376. The summed E-state index contributed by atoms with van der Waals surface area (Å²) in [6.45, 7) is -0.308. The van der Waals surface area contributed by atoms with Gasteiger partial charge in [0.2, 0.25) is 0 Å². The lowest BCUT2D eigenvalue weighted by Gasteiger charge is -1.99. The lowest BCUT2D eigenvalue weighted by molar-refractivity contribution is -0.148. The van der Waals surface area contributed by atoms with Crippen molar-refractivity contribution in [2.24, 2.45) is 0 Å². The van der Waals surface area contributed by atoms with Crippen LogP contribution in [0, 0.1) is 0 Å². The number of carbonyl (C=O) groups is 2. The standard InChI is InChI=1S/C6H10O5.CH4O.CH4/c7-3-4-11-6(10)2-1-5(8)9;1-2;/h7H,1-4H2,(H,8,9);2H,1H3;1H4. The lowest BCUT2D eigenvalue weighted by atomic mass is 10.3. The summed E-state index contributed by atoms with van der Waals surface area (Å²) >= 11 is 0. The summed E-state index contributed by atoms with van der Waals surface area (Å²) < 4.78 is 4.39. The van der Waals surface area contributed by atoms with E-state index in [9.17, 15) is 9.59 Å². The highest BCUT2D eigenvalue weighted by molar-refractivity contribution is 5.76. The third-order valence-corrected chi connectivity index (χ3v) is 0.897. The number of rotatable bonds is 5. The molecule has 0 heterocycles. The van der Waals surface area contributed by atoms with E-state index in [1.165, 1.54) is 0 Å². The Morgan fingerprint density at radius 3 is 2.07 bits per heavy atom. The van der Waals surface area contributed by atoms with Gasteiger partial charge in [-0.2, -0.15) is 0 Å². The SMILES string of the molecule is C.CO.O=C(O)CCC(=O)OCCO. The number of aliphatic carboxylic acids is 1. The molecule has 0 atom stereocenters. The number of carbonyl (C=O) groups excluding carboxylic acids is 1. The normalized spacial score (nSPS) is 7.64. The molecule has 0 aromatic rings. The Bertz CT molecular complexity index is 145. The molecule has 0 bridgehead atoms. The van der Waals surface area contributed by atoms with Crippen LogP contribution in [0.4, 0.5) is 0 Å². The third-order valence-electron chi connectivity index (χ3n) is 0.897. The van der Waals surface area contributed by atoms with Crippen LogP contribution in [-0.2, 0) is 14.3 Å². The average Bonchev–Trinajstić information content (AvgIpc) is 2.14. The highest BCUT2D eigenvalue weighted by atomic mass is 16.5. The van der Waals surface area contributed by atoms with Crippen molar-refractivity contribution in [3.8, 4) is 0 Å². The minimum Gasteiger partial charge on any atom is -0.481 e. The molecule has 0 saturated heterocycles. The van der Waals surface area contributed by atoms with Crippen LogP contribution in [0.25, 0.3) is 0 Å². The summed E-state index contributed by atoms with van der Waals surface area (Å²) in [5.74, 6) is -1.63. The zero-order valence-corrected chi connectivity index (χ0v) is 7.39. The predicted octanol–water partition coefficient (Wildman–Crippen LogP) is -0.369. The maximum absolute atomic E-state index is 10.5. The van der Waals surface area contributed by atoms with Crippen molar-refractivity contribution >= 4 is 11.9 Å². The Morgan fingerprint density at radius 2 is 1.71 bits per heavy atom. The molecule has 0 aromatic carbocycles. The molecular formula is C8H18O6. The molecule has 0 saturated carbocycles. The Kier molecular flexibility index (Phi) is 19.1. The van der Waals surface area contributed by atoms with Gasteiger partial charge in [-0.3, -0.25) is 9.59 Å². The van der Waals surface area contributed by atoms with Crippen LogP contribution in [-0.4, -0.2) is 47.6 Å². The predicted molar refractivity (Wildman–Crippen MR) is 49.8 cm³/mol. The van der Waals surface area contributed by atoms with E-state index >= 15 is 0 Å². The van der Waals surface area contributed by atoms with Crippen molar-refractivity contribution in [3.05, 3.63) is 0 Å². The summed E-state index contributed by atoms with van der Waals surface area (Å²) in [6, 6.07) is 0. The van der Waals surface area contributed by atoms with Gasteiger partial charge in [-0.15, -0.1) is 0 Å². The van der Waals surface area contributed by atoms with Crippen LogP contribution >= 0.6 is 0 Å². The smallest absolute Gasteiger partial charge is 0.306 e. The molecule has 0 aliphatic heterocycles. The molecule has 0 fully saturated rings. The van der Waals surface area contributed by atoms with E-state index in [-0.39, 0.29) is 33.5 Å². The third kappa shape index (κ3) is 17.1. The second kappa shape index (κ2) is 14.4. The molecule has 0 aliphatic carbocycles. The molecule has 0 aliphatic rings. The summed E-state index contributed by atoms with van der Waals surface area (Å²) in [7, 11) is 1.00. The number of ether oxygens (including phenoxy) is 1. The van der Waals surface area contributed by atoms with Gasteiger partial charge in [0.1, 0.15) is 6.61 Å². The first-order valence-corrected chi connectivity index (χ1v) is 3.60. The maximum atomic E-state index is 10.5. The summed E-state index contributed by atoms with van der Waals surface area (Å²) in [5, 5.41) is 23.3. The van der Waals surface area contributed by atoms with Crippen LogP contribution in [0.15, 0.2) is 0 Å². The fourth-order valence-corrected chi connectivity index (χ4v) is 0.441. The first-order chi connectivity index (χ1) is 6.16. The van der Waals surface area contributed by atoms with E-state index in [4.69, 9.17) is 15.3 Å². The van der Waals surface area contributed by atoms with E-state index < -0.39 is 11.9 Å². The van der Waals surface area contributed by atoms with Gasteiger partial charge in [-0.25, -0.2) is 0 Å². The molecule has 6 nitrogen and oxygen atoms in total. The van der Waals surface area contributed by atoms with Crippen molar-refractivity contribution in [2.75, 3.05) is 20.3 Å². The first kappa shape index (κ1) is 18.6. The monoisotopic (exact) mass is 210 g/mol. The number of hydrogen-bond acceptors (Lipinski definition) is 5. The number of hydrogen-bond donors (Lipinski definition) is 3. The van der Waals surface area contributed by atoms with Crippen LogP contribution in [0.5, 0.6) is 0 Å². The summed E-state index contributed by atoms with van der Waals surface area (Å²) in [4.78, 5) is 20.4. The fraction of sp³-hybridized carbons (Fsp3) is 0.750. The quantitative estimate of drug-likeness (QED) is 0.535. The zero-order chi connectivity index (χ0) is 10.7. The van der Waals surface area contributed by atoms with Gasteiger partial charge in [0.25, 0.3) is 0 Å². The van der Waals surface area contributed by atoms with Crippen molar-refractivity contribution < 1.29 is 29.6 Å². The highest BCUT2D eigenvalue weighted by Crippen LogP contribution is 1.91. The van der Waals surface area contributed by atoms with E-state index in [2.05, 4.69) is 4.74 Å².